The van der Waals surface area contributed by atoms with Crippen LogP contribution in [0.25, 0.3) is 5.82 Å². The van der Waals surface area contributed by atoms with Crippen molar-refractivity contribution in [1.82, 2.24) is 19.6 Å². The van der Waals surface area contributed by atoms with E-state index in [4.69, 9.17) is 4.52 Å². The van der Waals surface area contributed by atoms with Crippen molar-refractivity contribution in [3.05, 3.63) is 35.2 Å². The number of hydrogen-bond acceptors (Lipinski definition) is 4. The van der Waals surface area contributed by atoms with E-state index in [2.05, 4.69) is 10.5 Å². The molecule has 0 aliphatic carbocycles. The van der Waals surface area contributed by atoms with Gasteiger partial charge in [-0.2, -0.15) is 0 Å². The average Bonchev–Trinajstić information content (AvgIpc) is 2.96. The van der Waals surface area contributed by atoms with Crippen LogP contribution in [0.15, 0.2) is 34.0 Å². The number of hydrogen-bond donors (Lipinski definition) is 1. The van der Waals surface area contributed by atoms with Crippen molar-refractivity contribution in [3.8, 4) is 5.82 Å². The van der Waals surface area contributed by atoms with Gasteiger partial charge >= 0.3 is 5.69 Å². The van der Waals surface area contributed by atoms with E-state index in [9.17, 15) is 4.79 Å². The van der Waals surface area contributed by atoms with Crippen LogP contribution in [-0.2, 0) is 0 Å². The molecule has 16 heavy (non-hydrogen) atoms. The maximum atomic E-state index is 12.1. The third-order valence-corrected chi connectivity index (χ3v) is 2.90. The van der Waals surface area contributed by atoms with Crippen molar-refractivity contribution in [1.29, 1.82) is 0 Å². The molecule has 6 nitrogen and oxygen atoms in total. The molecule has 1 atom stereocenters. The third kappa shape index (κ3) is 1.38. The first-order chi connectivity index (χ1) is 7.86. The summed E-state index contributed by atoms with van der Waals surface area (Å²) in [6.45, 7) is 1.81. The van der Waals surface area contributed by atoms with Crippen LogP contribution in [0.1, 0.15) is 12.5 Å². The number of nitrogens with zero attached hydrogens (tertiary/aromatic N) is 3. The SMILES string of the molecule is O=c1n(-c2ccon2)ccn1C1CCNC1. The maximum Gasteiger partial charge on any atom is 0.334 e. The van der Waals surface area contributed by atoms with Crippen LogP contribution in [0.3, 0.4) is 0 Å². The lowest BCUT2D eigenvalue weighted by molar-refractivity contribution is 0.415. The standard InChI is InChI=1S/C10H12N4O2/c15-10-13(8-1-3-11-7-8)4-5-14(10)9-2-6-16-12-9/h2,4-6,8,11H,1,3,7H2. The van der Waals surface area contributed by atoms with Crippen LogP contribution in [0.5, 0.6) is 0 Å². The largest absolute Gasteiger partial charge is 0.363 e. The van der Waals surface area contributed by atoms with Gasteiger partial charge in [-0.1, -0.05) is 5.16 Å². The fourth-order valence-corrected chi connectivity index (χ4v) is 2.05. The highest BCUT2D eigenvalue weighted by Gasteiger charge is 2.19. The topological polar surface area (TPSA) is 65.0 Å². The average molecular weight is 220 g/mol. The molecule has 1 fully saturated rings. The van der Waals surface area contributed by atoms with Crippen LogP contribution >= 0.6 is 0 Å². The summed E-state index contributed by atoms with van der Waals surface area (Å²) in [5.41, 5.74) is -0.0670. The van der Waals surface area contributed by atoms with E-state index in [1.165, 1.54) is 10.8 Å². The smallest absolute Gasteiger partial charge is 0.334 e. The molecule has 0 saturated carbocycles. The van der Waals surface area contributed by atoms with Crippen molar-refractivity contribution < 1.29 is 4.52 Å². The molecule has 0 bridgehead atoms. The minimum atomic E-state index is -0.0670. The minimum absolute atomic E-state index is 0.0670. The molecule has 84 valence electrons. The summed E-state index contributed by atoms with van der Waals surface area (Å²) >= 11 is 0. The summed E-state index contributed by atoms with van der Waals surface area (Å²) < 4.78 is 7.96. The molecular weight excluding hydrogens is 208 g/mol. The van der Waals surface area contributed by atoms with Crippen molar-refractivity contribution in [2.75, 3.05) is 13.1 Å². The molecule has 1 unspecified atom stereocenters. The van der Waals surface area contributed by atoms with Gasteiger partial charge in [-0.3, -0.25) is 4.57 Å². The molecule has 0 aromatic carbocycles. The van der Waals surface area contributed by atoms with Gasteiger partial charge in [0, 0.05) is 25.0 Å². The Labute approximate surface area is 91.5 Å². The Morgan fingerprint density at radius 2 is 2.44 bits per heavy atom. The molecule has 3 heterocycles. The fraction of sp³-hybridized carbons (Fsp3) is 0.400. The van der Waals surface area contributed by atoms with Gasteiger partial charge in [-0.25, -0.2) is 9.36 Å². The molecule has 1 N–H and O–H groups in total. The molecule has 0 amide bonds. The van der Waals surface area contributed by atoms with Gasteiger partial charge in [0.2, 0.25) is 0 Å². The molecule has 2 aromatic rings. The quantitative estimate of drug-likeness (QED) is 0.783. The van der Waals surface area contributed by atoms with E-state index in [0.29, 0.717) is 5.82 Å². The van der Waals surface area contributed by atoms with Crippen molar-refractivity contribution >= 4 is 0 Å². The summed E-state index contributed by atoms with van der Waals surface area (Å²) in [5, 5.41) is 6.99. The highest BCUT2D eigenvalue weighted by atomic mass is 16.5. The maximum absolute atomic E-state index is 12.1. The summed E-state index contributed by atoms with van der Waals surface area (Å²) in [7, 11) is 0. The van der Waals surface area contributed by atoms with Crippen LogP contribution < -0.4 is 11.0 Å². The Morgan fingerprint density at radius 3 is 3.12 bits per heavy atom. The van der Waals surface area contributed by atoms with Crippen LogP contribution in [0.2, 0.25) is 0 Å². The van der Waals surface area contributed by atoms with E-state index in [0.717, 1.165) is 19.5 Å². The van der Waals surface area contributed by atoms with E-state index < -0.39 is 0 Å². The first-order valence-electron chi connectivity index (χ1n) is 5.27. The number of imidazole rings is 1. The lowest BCUT2D eigenvalue weighted by Crippen LogP contribution is -2.27. The van der Waals surface area contributed by atoms with Crippen LogP contribution in [-0.4, -0.2) is 27.4 Å². The van der Waals surface area contributed by atoms with Gasteiger partial charge in [0.15, 0.2) is 5.82 Å². The summed E-state index contributed by atoms with van der Waals surface area (Å²) in [6, 6.07) is 1.92. The molecule has 1 aliphatic heterocycles. The lowest BCUT2D eigenvalue weighted by Gasteiger charge is -2.07. The first-order valence-corrected chi connectivity index (χ1v) is 5.27. The lowest BCUT2D eigenvalue weighted by atomic mass is 10.3. The minimum Gasteiger partial charge on any atom is -0.363 e. The molecule has 1 aliphatic rings. The molecular formula is C10H12N4O2. The fourth-order valence-electron chi connectivity index (χ4n) is 2.05. The summed E-state index contributed by atoms with van der Waals surface area (Å²) in [4.78, 5) is 12.1. The zero-order valence-corrected chi connectivity index (χ0v) is 8.67. The highest BCUT2D eigenvalue weighted by Crippen LogP contribution is 2.13. The van der Waals surface area contributed by atoms with Crippen molar-refractivity contribution in [2.24, 2.45) is 0 Å². The second kappa shape index (κ2) is 3.64. The van der Waals surface area contributed by atoms with Crippen molar-refractivity contribution in [3.63, 3.8) is 0 Å². The Balaban J connectivity index is 2.01. The van der Waals surface area contributed by atoms with E-state index >= 15 is 0 Å². The third-order valence-electron chi connectivity index (χ3n) is 2.90. The molecule has 6 heteroatoms. The first kappa shape index (κ1) is 9.41. The van der Waals surface area contributed by atoms with Crippen LogP contribution in [0, 0.1) is 0 Å². The zero-order chi connectivity index (χ0) is 11.0. The normalized spacial score (nSPS) is 20.4. The van der Waals surface area contributed by atoms with E-state index in [-0.39, 0.29) is 11.7 Å². The zero-order valence-electron chi connectivity index (χ0n) is 8.67. The van der Waals surface area contributed by atoms with Gasteiger partial charge in [-0.15, -0.1) is 0 Å². The van der Waals surface area contributed by atoms with E-state index in [1.807, 2.05) is 0 Å². The molecule has 1 saturated heterocycles. The second-order valence-electron chi connectivity index (χ2n) is 3.86. The van der Waals surface area contributed by atoms with E-state index in [1.54, 1.807) is 23.0 Å². The monoisotopic (exact) mass is 220 g/mol. The Morgan fingerprint density at radius 1 is 1.50 bits per heavy atom. The van der Waals surface area contributed by atoms with Crippen molar-refractivity contribution in [2.45, 2.75) is 12.5 Å². The Bertz CT molecular complexity index is 519. The van der Waals surface area contributed by atoms with Gasteiger partial charge in [0.1, 0.15) is 6.26 Å². The number of nitrogens with one attached hydrogen (secondary N) is 1. The van der Waals surface area contributed by atoms with Gasteiger partial charge in [-0.05, 0) is 13.0 Å². The Kier molecular flexibility index (Phi) is 2.14. The molecule has 3 rings (SSSR count). The molecule has 0 radical (unpaired) electrons. The summed E-state index contributed by atoms with van der Waals surface area (Å²) in [6.07, 6.45) is 5.96. The number of rotatable bonds is 2. The second-order valence-corrected chi connectivity index (χ2v) is 3.86. The Hall–Kier alpha value is -1.82. The molecule has 0 spiro atoms. The van der Waals surface area contributed by atoms with Gasteiger partial charge in [0.05, 0.1) is 6.04 Å². The molecule has 2 aromatic heterocycles. The van der Waals surface area contributed by atoms with Gasteiger partial charge < -0.3 is 9.84 Å². The summed E-state index contributed by atoms with van der Waals surface area (Å²) in [5.74, 6) is 0.523. The van der Waals surface area contributed by atoms with Gasteiger partial charge in [0.25, 0.3) is 0 Å². The van der Waals surface area contributed by atoms with Crippen LogP contribution in [0.4, 0.5) is 0 Å². The predicted molar refractivity (Wildman–Crippen MR) is 56.6 cm³/mol. The number of aromatic nitrogens is 3. The highest BCUT2D eigenvalue weighted by molar-refractivity contribution is 5.17. The predicted octanol–water partition coefficient (Wildman–Crippen LogP) is 0.161.